The topological polar surface area (TPSA) is 51.4 Å². The van der Waals surface area contributed by atoms with E-state index in [1.165, 1.54) is 0 Å². The number of hydrogen-bond acceptors (Lipinski definition) is 4. The third kappa shape index (κ3) is 2.64. The Bertz CT molecular complexity index is 339. The molecule has 0 amide bonds. The Morgan fingerprint density at radius 2 is 2.19 bits per heavy atom. The molecular formula is C12H21N3O. The Morgan fingerprint density at radius 3 is 2.75 bits per heavy atom. The standard InChI is InChI=1S/C12H21N3O/c1-5-16-10-7-6-8-14-11(10)15(4)12(2,3)9-13/h6-8H,5,9,13H2,1-4H3. The molecule has 4 heteroatoms. The highest BCUT2D eigenvalue weighted by Gasteiger charge is 2.25. The van der Waals surface area contributed by atoms with Crippen LogP contribution < -0.4 is 15.4 Å². The summed E-state index contributed by atoms with van der Waals surface area (Å²) in [6.45, 7) is 7.32. The predicted molar refractivity (Wildman–Crippen MR) is 66.9 cm³/mol. The molecule has 0 bridgehead atoms. The van der Waals surface area contributed by atoms with Gasteiger partial charge in [0, 0.05) is 25.3 Å². The van der Waals surface area contributed by atoms with Gasteiger partial charge in [0.25, 0.3) is 0 Å². The monoisotopic (exact) mass is 223 g/mol. The number of ether oxygens (including phenoxy) is 1. The quantitative estimate of drug-likeness (QED) is 0.824. The number of nitrogens with two attached hydrogens (primary N) is 1. The highest BCUT2D eigenvalue weighted by Crippen LogP contribution is 2.28. The van der Waals surface area contributed by atoms with Crippen molar-refractivity contribution in [3.05, 3.63) is 18.3 Å². The first-order chi connectivity index (χ1) is 7.53. The van der Waals surface area contributed by atoms with E-state index in [1.54, 1.807) is 6.20 Å². The highest BCUT2D eigenvalue weighted by atomic mass is 16.5. The molecule has 0 aliphatic heterocycles. The third-order valence-corrected chi connectivity index (χ3v) is 2.78. The van der Waals surface area contributed by atoms with Crippen molar-refractivity contribution in [2.24, 2.45) is 5.73 Å². The third-order valence-electron chi connectivity index (χ3n) is 2.78. The van der Waals surface area contributed by atoms with Crippen LogP contribution in [0.4, 0.5) is 5.82 Å². The maximum atomic E-state index is 5.76. The Hall–Kier alpha value is -1.29. The Morgan fingerprint density at radius 1 is 1.50 bits per heavy atom. The van der Waals surface area contributed by atoms with Gasteiger partial charge in [-0.1, -0.05) is 0 Å². The average molecular weight is 223 g/mol. The van der Waals surface area contributed by atoms with Gasteiger partial charge in [-0.3, -0.25) is 0 Å². The zero-order valence-electron chi connectivity index (χ0n) is 10.5. The van der Waals surface area contributed by atoms with E-state index < -0.39 is 0 Å². The van der Waals surface area contributed by atoms with Gasteiger partial charge in [0.05, 0.1) is 6.61 Å². The number of pyridine rings is 1. The van der Waals surface area contributed by atoms with Crippen LogP contribution in [0.1, 0.15) is 20.8 Å². The molecule has 1 aromatic rings. The number of hydrogen-bond donors (Lipinski definition) is 1. The summed E-state index contributed by atoms with van der Waals surface area (Å²) in [6.07, 6.45) is 1.76. The molecule has 0 aromatic carbocycles. The SMILES string of the molecule is CCOc1cccnc1N(C)C(C)(C)CN. The molecule has 0 aliphatic rings. The van der Waals surface area contributed by atoms with Crippen LogP contribution in [-0.4, -0.2) is 30.7 Å². The fourth-order valence-corrected chi connectivity index (χ4v) is 1.33. The van der Waals surface area contributed by atoms with Gasteiger partial charge in [0.1, 0.15) is 0 Å². The van der Waals surface area contributed by atoms with E-state index in [9.17, 15) is 0 Å². The number of nitrogens with zero attached hydrogens (tertiary/aromatic N) is 2. The second-order valence-electron chi connectivity index (χ2n) is 4.33. The minimum Gasteiger partial charge on any atom is -0.490 e. The summed E-state index contributed by atoms with van der Waals surface area (Å²) >= 11 is 0. The molecule has 0 saturated heterocycles. The Labute approximate surface area is 97.4 Å². The van der Waals surface area contributed by atoms with Crippen LogP contribution in [0, 0.1) is 0 Å². The van der Waals surface area contributed by atoms with Crippen LogP contribution in [0.3, 0.4) is 0 Å². The van der Waals surface area contributed by atoms with Gasteiger partial charge < -0.3 is 15.4 Å². The second-order valence-corrected chi connectivity index (χ2v) is 4.33. The van der Waals surface area contributed by atoms with Crippen LogP contribution in [0.2, 0.25) is 0 Å². The van der Waals surface area contributed by atoms with Crippen LogP contribution >= 0.6 is 0 Å². The van der Waals surface area contributed by atoms with Crippen molar-refractivity contribution in [3.63, 3.8) is 0 Å². The summed E-state index contributed by atoms with van der Waals surface area (Å²) in [6, 6.07) is 3.80. The lowest BCUT2D eigenvalue weighted by Crippen LogP contribution is -2.47. The van der Waals surface area contributed by atoms with Crippen molar-refractivity contribution in [2.75, 3.05) is 25.1 Å². The summed E-state index contributed by atoms with van der Waals surface area (Å²) in [5, 5.41) is 0. The van der Waals surface area contributed by atoms with Crippen molar-refractivity contribution in [1.29, 1.82) is 0 Å². The van der Waals surface area contributed by atoms with Gasteiger partial charge in [0.2, 0.25) is 0 Å². The van der Waals surface area contributed by atoms with Gasteiger partial charge in [-0.2, -0.15) is 0 Å². The van der Waals surface area contributed by atoms with Gasteiger partial charge in [-0.15, -0.1) is 0 Å². The summed E-state index contributed by atoms with van der Waals surface area (Å²) in [7, 11) is 1.98. The number of rotatable bonds is 5. The molecule has 0 spiro atoms. The number of aromatic nitrogens is 1. The summed E-state index contributed by atoms with van der Waals surface area (Å²) < 4.78 is 5.55. The fourth-order valence-electron chi connectivity index (χ4n) is 1.33. The smallest absolute Gasteiger partial charge is 0.171 e. The van der Waals surface area contributed by atoms with Gasteiger partial charge in [0.15, 0.2) is 11.6 Å². The molecule has 0 saturated carbocycles. The highest BCUT2D eigenvalue weighted by molar-refractivity contribution is 5.53. The molecule has 0 aliphatic carbocycles. The normalized spacial score (nSPS) is 11.3. The Balaban J connectivity index is 3.02. The van der Waals surface area contributed by atoms with Crippen molar-refractivity contribution < 1.29 is 4.74 Å². The first-order valence-corrected chi connectivity index (χ1v) is 5.54. The lowest BCUT2D eigenvalue weighted by Gasteiger charge is -2.36. The molecule has 90 valence electrons. The average Bonchev–Trinajstić information content (AvgIpc) is 2.29. The number of anilines is 1. The predicted octanol–water partition coefficient (Wildman–Crippen LogP) is 1.65. The summed E-state index contributed by atoms with van der Waals surface area (Å²) in [5.74, 6) is 1.63. The first-order valence-electron chi connectivity index (χ1n) is 5.54. The largest absolute Gasteiger partial charge is 0.490 e. The van der Waals surface area contributed by atoms with Crippen LogP contribution in [-0.2, 0) is 0 Å². The van der Waals surface area contributed by atoms with E-state index in [4.69, 9.17) is 10.5 Å². The van der Waals surface area contributed by atoms with Gasteiger partial charge in [-0.25, -0.2) is 4.98 Å². The summed E-state index contributed by atoms with van der Waals surface area (Å²) in [4.78, 5) is 6.41. The molecule has 1 aromatic heterocycles. The minimum atomic E-state index is -0.139. The van der Waals surface area contributed by atoms with Crippen LogP contribution in [0.25, 0.3) is 0 Å². The number of likely N-dealkylation sites (N-methyl/N-ethyl adjacent to an activating group) is 1. The van der Waals surface area contributed by atoms with Crippen molar-refractivity contribution in [2.45, 2.75) is 26.3 Å². The Kier molecular flexibility index (Phi) is 4.12. The lowest BCUT2D eigenvalue weighted by atomic mass is 10.0. The zero-order valence-corrected chi connectivity index (χ0v) is 10.5. The van der Waals surface area contributed by atoms with Crippen molar-refractivity contribution in [1.82, 2.24) is 4.98 Å². The molecule has 0 radical (unpaired) electrons. The molecule has 1 heterocycles. The fraction of sp³-hybridized carbons (Fsp3) is 0.583. The molecule has 0 unspecified atom stereocenters. The van der Waals surface area contributed by atoms with E-state index in [0.29, 0.717) is 13.2 Å². The summed E-state index contributed by atoms with van der Waals surface area (Å²) in [5.41, 5.74) is 5.62. The van der Waals surface area contributed by atoms with Gasteiger partial charge >= 0.3 is 0 Å². The molecule has 1 rings (SSSR count). The van der Waals surface area contributed by atoms with Crippen LogP contribution in [0.15, 0.2) is 18.3 Å². The zero-order chi connectivity index (χ0) is 12.2. The van der Waals surface area contributed by atoms with E-state index in [1.807, 2.05) is 26.1 Å². The molecule has 0 atom stereocenters. The van der Waals surface area contributed by atoms with Crippen molar-refractivity contribution in [3.8, 4) is 5.75 Å². The van der Waals surface area contributed by atoms with Gasteiger partial charge in [-0.05, 0) is 32.9 Å². The van der Waals surface area contributed by atoms with E-state index in [2.05, 4.69) is 23.7 Å². The lowest BCUT2D eigenvalue weighted by molar-refractivity contribution is 0.336. The molecule has 2 N–H and O–H groups in total. The molecule has 0 fully saturated rings. The molecule has 4 nitrogen and oxygen atoms in total. The van der Waals surface area contributed by atoms with Crippen molar-refractivity contribution >= 4 is 5.82 Å². The van der Waals surface area contributed by atoms with E-state index in [-0.39, 0.29) is 5.54 Å². The maximum Gasteiger partial charge on any atom is 0.171 e. The molecule has 16 heavy (non-hydrogen) atoms. The maximum absolute atomic E-state index is 5.76. The van der Waals surface area contributed by atoms with Crippen LogP contribution in [0.5, 0.6) is 5.75 Å². The second kappa shape index (κ2) is 5.16. The van der Waals surface area contributed by atoms with E-state index >= 15 is 0 Å². The minimum absolute atomic E-state index is 0.139. The van der Waals surface area contributed by atoms with E-state index in [0.717, 1.165) is 11.6 Å². The molecular weight excluding hydrogens is 202 g/mol. The first kappa shape index (κ1) is 12.8.